The molecule has 0 spiro atoms. The Hall–Kier alpha value is -0.280. The highest BCUT2D eigenvalue weighted by atomic mass is 31.2. The van der Waals surface area contributed by atoms with E-state index in [0.29, 0.717) is 0 Å². The van der Waals surface area contributed by atoms with Crippen LogP contribution in [0.15, 0.2) is 0 Å². The van der Waals surface area contributed by atoms with Crippen molar-refractivity contribution >= 4 is 8.60 Å². The zero-order valence-electron chi connectivity index (χ0n) is 8.33. The topological polar surface area (TPSA) is 97.7 Å². The summed E-state index contributed by atoms with van der Waals surface area (Å²) in [6, 6.07) is 1.90. The van der Waals surface area contributed by atoms with Gasteiger partial charge in [-0.2, -0.15) is 5.26 Å². The highest BCUT2D eigenvalue weighted by Gasteiger charge is 2.23. The third kappa shape index (κ3) is 5.38. The summed E-state index contributed by atoms with van der Waals surface area (Å²) < 4.78 is 15.2. The lowest BCUT2D eigenvalue weighted by atomic mass is 10.2. The van der Waals surface area contributed by atoms with E-state index < -0.39 is 8.60 Å². The van der Waals surface area contributed by atoms with Crippen LogP contribution in [0.25, 0.3) is 0 Å². The van der Waals surface area contributed by atoms with E-state index in [9.17, 15) is 4.89 Å². The minimum absolute atomic E-state index is 0.0586. The third-order valence-corrected chi connectivity index (χ3v) is 2.70. The number of ether oxygens (including phenoxy) is 1. The molecule has 3 atom stereocenters. The average molecular weight is 234 g/mol. The third-order valence-electron chi connectivity index (χ3n) is 1.93. The summed E-state index contributed by atoms with van der Waals surface area (Å²) >= 11 is 0. The van der Waals surface area contributed by atoms with E-state index in [1.54, 1.807) is 0 Å². The molecule has 1 aliphatic rings. The molecule has 6 nitrogen and oxygen atoms in total. The molecule has 3 N–H and O–H groups in total. The van der Waals surface area contributed by atoms with Gasteiger partial charge in [0.05, 0.1) is 31.8 Å². The molecule has 0 saturated carbocycles. The van der Waals surface area contributed by atoms with Gasteiger partial charge in [-0.05, 0) is 12.8 Å². The van der Waals surface area contributed by atoms with E-state index in [2.05, 4.69) is 0 Å². The van der Waals surface area contributed by atoms with Crippen LogP contribution < -0.4 is 5.73 Å². The van der Waals surface area contributed by atoms with Crippen molar-refractivity contribution in [2.45, 2.75) is 31.6 Å². The van der Waals surface area contributed by atoms with E-state index in [-0.39, 0.29) is 32.0 Å². The van der Waals surface area contributed by atoms with Crippen LogP contribution in [-0.4, -0.2) is 30.4 Å². The Balaban J connectivity index is 2.01. The first kappa shape index (κ1) is 12.8. The SMILES string of the molecule is N#CCCOP(O)OCC1CCC(N)O1. The second-order valence-electron chi connectivity index (χ2n) is 3.15. The van der Waals surface area contributed by atoms with Crippen LogP contribution in [0, 0.1) is 11.3 Å². The van der Waals surface area contributed by atoms with Crippen molar-refractivity contribution < 1.29 is 18.7 Å². The molecule has 1 fully saturated rings. The summed E-state index contributed by atoms with van der Waals surface area (Å²) in [5.41, 5.74) is 5.53. The van der Waals surface area contributed by atoms with Crippen LogP contribution in [0.1, 0.15) is 19.3 Å². The Morgan fingerprint density at radius 1 is 1.53 bits per heavy atom. The quantitative estimate of drug-likeness (QED) is 0.516. The standard InChI is InChI=1S/C8H15N2O4P/c9-4-1-5-12-15(11)13-6-7-2-3-8(10)14-7/h7-8,11H,1-3,5-6,10H2. The van der Waals surface area contributed by atoms with Crippen molar-refractivity contribution in [3.63, 3.8) is 0 Å². The van der Waals surface area contributed by atoms with Crippen LogP contribution >= 0.6 is 8.60 Å². The van der Waals surface area contributed by atoms with Gasteiger partial charge in [0.15, 0.2) is 0 Å². The summed E-state index contributed by atoms with van der Waals surface area (Å²) in [6.07, 6.45) is 1.61. The zero-order chi connectivity index (χ0) is 11.1. The van der Waals surface area contributed by atoms with Crippen LogP contribution in [0.4, 0.5) is 0 Å². The summed E-state index contributed by atoms with van der Waals surface area (Å²) in [4.78, 5) is 9.23. The van der Waals surface area contributed by atoms with Crippen molar-refractivity contribution in [2.75, 3.05) is 13.2 Å². The number of nitrogens with two attached hydrogens (primary N) is 1. The van der Waals surface area contributed by atoms with Gasteiger partial charge in [0.2, 0.25) is 0 Å². The maximum Gasteiger partial charge on any atom is 0.329 e. The lowest BCUT2D eigenvalue weighted by molar-refractivity contribution is 0.0165. The number of nitriles is 1. The molecule has 1 heterocycles. The lowest BCUT2D eigenvalue weighted by Gasteiger charge is -2.13. The lowest BCUT2D eigenvalue weighted by Crippen LogP contribution is -2.22. The van der Waals surface area contributed by atoms with E-state index in [0.717, 1.165) is 12.8 Å². The molecular weight excluding hydrogens is 219 g/mol. The molecule has 1 aliphatic heterocycles. The fourth-order valence-electron chi connectivity index (χ4n) is 1.21. The molecule has 0 aliphatic carbocycles. The first-order chi connectivity index (χ1) is 7.22. The largest absolute Gasteiger partial charge is 0.358 e. The zero-order valence-corrected chi connectivity index (χ0v) is 9.23. The minimum atomic E-state index is -1.89. The van der Waals surface area contributed by atoms with Gasteiger partial charge in [-0.1, -0.05) is 0 Å². The van der Waals surface area contributed by atoms with Gasteiger partial charge < -0.3 is 24.4 Å². The van der Waals surface area contributed by atoms with E-state index in [1.165, 1.54) is 0 Å². The molecule has 0 aromatic heterocycles. The fourth-order valence-corrected chi connectivity index (χ4v) is 1.83. The fraction of sp³-hybridized carbons (Fsp3) is 0.875. The highest BCUT2D eigenvalue weighted by molar-refractivity contribution is 7.40. The van der Waals surface area contributed by atoms with Crippen molar-refractivity contribution in [1.82, 2.24) is 0 Å². The first-order valence-electron chi connectivity index (χ1n) is 4.75. The average Bonchev–Trinajstić information content (AvgIpc) is 2.62. The van der Waals surface area contributed by atoms with Crippen molar-refractivity contribution in [3.05, 3.63) is 0 Å². The van der Waals surface area contributed by atoms with Gasteiger partial charge in [-0.15, -0.1) is 0 Å². The molecule has 7 heteroatoms. The normalized spacial score (nSPS) is 27.5. The second-order valence-corrected chi connectivity index (χ2v) is 4.14. The first-order valence-corrected chi connectivity index (χ1v) is 5.88. The summed E-state index contributed by atoms with van der Waals surface area (Å²) in [5.74, 6) is 0. The predicted octanol–water partition coefficient (Wildman–Crippen LogP) is 0.616. The molecule has 0 bridgehead atoms. The van der Waals surface area contributed by atoms with Gasteiger partial charge in [-0.25, -0.2) is 0 Å². The molecule has 0 radical (unpaired) electrons. The smallest absolute Gasteiger partial charge is 0.329 e. The van der Waals surface area contributed by atoms with Gasteiger partial charge in [0.25, 0.3) is 0 Å². The summed E-state index contributed by atoms with van der Waals surface area (Å²) in [5, 5.41) is 8.23. The Morgan fingerprint density at radius 2 is 2.33 bits per heavy atom. The number of hydrogen-bond donors (Lipinski definition) is 2. The van der Waals surface area contributed by atoms with Crippen molar-refractivity contribution in [3.8, 4) is 6.07 Å². The number of hydrogen-bond acceptors (Lipinski definition) is 6. The molecule has 1 rings (SSSR count). The Kier molecular flexibility index (Phi) is 6.03. The van der Waals surface area contributed by atoms with Crippen molar-refractivity contribution in [1.29, 1.82) is 5.26 Å². The van der Waals surface area contributed by atoms with Gasteiger partial charge in [0, 0.05) is 0 Å². The summed E-state index contributed by atoms with van der Waals surface area (Å²) in [7, 11) is -1.89. The van der Waals surface area contributed by atoms with Crippen LogP contribution in [0.3, 0.4) is 0 Å². The number of nitrogens with zero attached hydrogens (tertiary/aromatic N) is 1. The molecule has 0 aromatic carbocycles. The molecule has 15 heavy (non-hydrogen) atoms. The van der Waals surface area contributed by atoms with Gasteiger partial charge >= 0.3 is 8.60 Å². The van der Waals surface area contributed by atoms with E-state index in [4.69, 9.17) is 24.8 Å². The Labute approximate surface area is 89.9 Å². The van der Waals surface area contributed by atoms with Crippen LogP contribution in [0.2, 0.25) is 0 Å². The van der Waals surface area contributed by atoms with E-state index in [1.807, 2.05) is 6.07 Å². The maximum absolute atomic E-state index is 9.23. The van der Waals surface area contributed by atoms with Gasteiger partial charge in [-0.3, -0.25) is 0 Å². The maximum atomic E-state index is 9.23. The van der Waals surface area contributed by atoms with Crippen molar-refractivity contribution in [2.24, 2.45) is 5.73 Å². The second kappa shape index (κ2) is 7.07. The molecule has 86 valence electrons. The Bertz CT molecular complexity index is 223. The Morgan fingerprint density at radius 3 is 2.93 bits per heavy atom. The molecule has 3 unspecified atom stereocenters. The number of rotatable bonds is 6. The molecule has 0 amide bonds. The van der Waals surface area contributed by atoms with Crippen LogP contribution in [0.5, 0.6) is 0 Å². The summed E-state index contributed by atoms with van der Waals surface area (Å²) in [6.45, 7) is 0.464. The predicted molar refractivity (Wildman–Crippen MR) is 53.4 cm³/mol. The van der Waals surface area contributed by atoms with Crippen LogP contribution in [-0.2, 0) is 13.8 Å². The molecule has 0 aromatic rings. The molecule has 1 saturated heterocycles. The van der Waals surface area contributed by atoms with E-state index >= 15 is 0 Å². The van der Waals surface area contributed by atoms with Gasteiger partial charge in [0.1, 0.15) is 6.23 Å². The molecular formula is C8H15N2O4P. The minimum Gasteiger partial charge on any atom is -0.358 e. The highest BCUT2D eigenvalue weighted by Crippen LogP contribution is 2.34. The monoisotopic (exact) mass is 234 g/mol.